The molecule has 0 aromatic carbocycles. The standard InChI is InChI=1S/C11H15N5/c1-3-9(2)15-11(14-8-12)16-10-5-4-6-13-7-10/h4-7,9H,3H2,1-2H3,(H2,14,15,16). The fourth-order valence-corrected chi connectivity index (χ4v) is 1.06. The lowest BCUT2D eigenvalue weighted by Crippen LogP contribution is -2.37. The van der Waals surface area contributed by atoms with Crippen molar-refractivity contribution < 1.29 is 0 Å². The van der Waals surface area contributed by atoms with E-state index in [0.717, 1.165) is 12.1 Å². The molecule has 0 radical (unpaired) electrons. The average molecular weight is 217 g/mol. The zero-order chi connectivity index (χ0) is 11.8. The third kappa shape index (κ3) is 3.96. The van der Waals surface area contributed by atoms with Gasteiger partial charge in [0.05, 0.1) is 11.9 Å². The topological polar surface area (TPSA) is 73.1 Å². The second-order valence-electron chi connectivity index (χ2n) is 3.38. The van der Waals surface area contributed by atoms with Crippen molar-refractivity contribution in [3.8, 4) is 6.19 Å². The summed E-state index contributed by atoms with van der Waals surface area (Å²) in [7, 11) is 0. The molecule has 0 aliphatic carbocycles. The van der Waals surface area contributed by atoms with Crippen LogP contribution in [0.2, 0.25) is 0 Å². The van der Waals surface area contributed by atoms with Crippen molar-refractivity contribution in [3.63, 3.8) is 0 Å². The lowest BCUT2D eigenvalue weighted by molar-refractivity contribution is 0.641. The van der Waals surface area contributed by atoms with Gasteiger partial charge in [-0.25, -0.2) is 0 Å². The molecule has 1 heterocycles. The molecule has 0 aliphatic rings. The smallest absolute Gasteiger partial charge is 0.212 e. The van der Waals surface area contributed by atoms with Crippen molar-refractivity contribution in [1.82, 2.24) is 10.3 Å². The van der Waals surface area contributed by atoms with Gasteiger partial charge in [-0.05, 0) is 25.5 Å². The van der Waals surface area contributed by atoms with Gasteiger partial charge in [-0.1, -0.05) is 6.92 Å². The van der Waals surface area contributed by atoms with E-state index in [9.17, 15) is 0 Å². The Labute approximate surface area is 95.2 Å². The quantitative estimate of drug-likeness (QED) is 0.459. The number of anilines is 1. The van der Waals surface area contributed by atoms with Gasteiger partial charge in [-0.15, -0.1) is 4.99 Å². The van der Waals surface area contributed by atoms with Crippen LogP contribution in [0.4, 0.5) is 5.69 Å². The number of guanidine groups is 1. The molecule has 84 valence electrons. The number of aromatic nitrogens is 1. The van der Waals surface area contributed by atoms with E-state index in [2.05, 4.69) is 27.5 Å². The Morgan fingerprint density at radius 3 is 3.06 bits per heavy atom. The van der Waals surface area contributed by atoms with Crippen LogP contribution in [0.5, 0.6) is 0 Å². The van der Waals surface area contributed by atoms with Gasteiger partial charge in [0.25, 0.3) is 0 Å². The molecule has 0 saturated heterocycles. The molecule has 1 aromatic heterocycles. The van der Waals surface area contributed by atoms with Crippen molar-refractivity contribution in [2.75, 3.05) is 5.32 Å². The van der Waals surface area contributed by atoms with E-state index in [1.165, 1.54) is 0 Å². The first-order chi connectivity index (χ1) is 7.76. The van der Waals surface area contributed by atoms with Crippen molar-refractivity contribution in [3.05, 3.63) is 24.5 Å². The molecule has 0 aliphatic heterocycles. The number of aliphatic imine (C=N–C) groups is 1. The van der Waals surface area contributed by atoms with Gasteiger partial charge in [0.2, 0.25) is 12.2 Å². The largest absolute Gasteiger partial charge is 0.353 e. The molecule has 1 atom stereocenters. The number of hydrogen-bond acceptors (Lipinski definition) is 3. The van der Waals surface area contributed by atoms with E-state index in [1.807, 2.05) is 19.1 Å². The third-order valence-electron chi connectivity index (χ3n) is 2.08. The van der Waals surface area contributed by atoms with Crippen LogP contribution in [0.1, 0.15) is 20.3 Å². The predicted octanol–water partition coefficient (Wildman–Crippen LogP) is 1.72. The second-order valence-corrected chi connectivity index (χ2v) is 3.38. The van der Waals surface area contributed by atoms with Gasteiger partial charge < -0.3 is 10.6 Å². The average Bonchev–Trinajstić information content (AvgIpc) is 2.30. The highest BCUT2D eigenvalue weighted by atomic mass is 15.2. The van der Waals surface area contributed by atoms with Gasteiger partial charge in [-0.2, -0.15) is 5.26 Å². The van der Waals surface area contributed by atoms with Crippen molar-refractivity contribution >= 4 is 11.6 Å². The highest BCUT2D eigenvalue weighted by Crippen LogP contribution is 2.02. The summed E-state index contributed by atoms with van der Waals surface area (Å²) in [6, 6.07) is 3.93. The fourth-order valence-electron chi connectivity index (χ4n) is 1.06. The summed E-state index contributed by atoms with van der Waals surface area (Å²) in [5.74, 6) is 0.449. The first-order valence-corrected chi connectivity index (χ1v) is 5.16. The van der Waals surface area contributed by atoms with Crippen LogP contribution in [-0.4, -0.2) is 17.0 Å². The van der Waals surface area contributed by atoms with Gasteiger partial charge in [-0.3, -0.25) is 4.98 Å². The first-order valence-electron chi connectivity index (χ1n) is 5.16. The normalized spacial score (nSPS) is 12.7. The minimum absolute atomic E-state index is 0.260. The maximum atomic E-state index is 8.57. The summed E-state index contributed by atoms with van der Waals surface area (Å²) in [4.78, 5) is 7.65. The second kappa shape index (κ2) is 6.40. The Kier molecular flexibility index (Phi) is 4.80. The van der Waals surface area contributed by atoms with E-state index in [0.29, 0.717) is 5.96 Å². The van der Waals surface area contributed by atoms with Crippen LogP contribution in [0, 0.1) is 11.5 Å². The monoisotopic (exact) mass is 217 g/mol. The maximum Gasteiger partial charge on any atom is 0.212 e. The highest BCUT2D eigenvalue weighted by molar-refractivity contribution is 5.94. The minimum Gasteiger partial charge on any atom is -0.353 e. The summed E-state index contributed by atoms with van der Waals surface area (Å²) < 4.78 is 0. The molecule has 2 N–H and O–H groups in total. The van der Waals surface area contributed by atoms with Gasteiger partial charge in [0.1, 0.15) is 0 Å². The minimum atomic E-state index is 0.260. The van der Waals surface area contributed by atoms with Crippen LogP contribution < -0.4 is 10.6 Å². The van der Waals surface area contributed by atoms with Crippen LogP contribution in [-0.2, 0) is 0 Å². The van der Waals surface area contributed by atoms with Crippen LogP contribution in [0.25, 0.3) is 0 Å². The number of nitriles is 1. The molecular formula is C11H15N5. The van der Waals surface area contributed by atoms with E-state index in [1.54, 1.807) is 18.6 Å². The molecule has 0 amide bonds. The Morgan fingerprint density at radius 2 is 2.50 bits per heavy atom. The number of rotatable bonds is 3. The maximum absolute atomic E-state index is 8.57. The lowest BCUT2D eigenvalue weighted by Gasteiger charge is -2.15. The zero-order valence-corrected chi connectivity index (χ0v) is 9.44. The highest BCUT2D eigenvalue weighted by Gasteiger charge is 2.03. The molecule has 1 aromatic rings. The van der Waals surface area contributed by atoms with Gasteiger partial charge >= 0.3 is 0 Å². The van der Waals surface area contributed by atoms with Gasteiger partial charge in [0.15, 0.2) is 0 Å². The summed E-state index contributed by atoms with van der Waals surface area (Å²) in [6.07, 6.45) is 6.08. The molecule has 5 nitrogen and oxygen atoms in total. The van der Waals surface area contributed by atoms with Crippen molar-refractivity contribution in [2.24, 2.45) is 4.99 Å². The number of nitrogens with zero attached hydrogens (tertiary/aromatic N) is 3. The first kappa shape index (κ1) is 12.0. The molecule has 1 unspecified atom stereocenters. The fraction of sp³-hybridized carbons (Fsp3) is 0.364. The van der Waals surface area contributed by atoms with Crippen LogP contribution >= 0.6 is 0 Å². The molecule has 5 heteroatoms. The van der Waals surface area contributed by atoms with E-state index < -0.39 is 0 Å². The molecule has 0 spiro atoms. The van der Waals surface area contributed by atoms with E-state index in [4.69, 9.17) is 5.26 Å². The molecule has 0 saturated carbocycles. The Morgan fingerprint density at radius 1 is 1.69 bits per heavy atom. The van der Waals surface area contributed by atoms with Crippen molar-refractivity contribution in [1.29, 1.82) is 5.26 Å². The summed E-state index contributed by atoms with van der Waals surface area (Å²) in [5.41, 5.74) is 0.798. The SMILES string of the molecule is CCC(C)NC(=NC#N)Nc1cccnc1. The number of pyridine rings is 1. The summed E-state index contributed by atoms with van der Waals surface area (Å²) in [6.45, 7) is 4.09. The summed E-state index contributed by atoms with van der Waals surface area (Å²) >= 11 is 0. The zero-order valence-electron chi connectivity index (χ0n) is 9.44. The van der Waals surface area contributed by atoms with Gasteiger partial charge in [0, 0.05) is 12.2 Å². The predicted molar refractivity (Wildman–Crippen MR) is 63.8 cm³/mol. The lowest BCUT2D eigenvalue weighted by atomic mass is 10.3. The van der Waals surface area contributed by atoms with E-state index >= 15 is 0 Å². The number of nitrogens with one attached hydrogen (secondary N) is 2. The molecule has 16 heavy (non-hydrogen) atoms. The van der Waals surface area contributed by atoms with E-state index in [-0.39, 0.29) is 6.04 Å². The molecule has 0 bridgehead atoms. The third-order valence-corrected chi connectivity index (χ3v) is 2.08. The molecule has 1 rings (SSSR count). The number of hydrogen-bond donors (Lipinski definition) is 2. The Balaban J connectivity index is 2.67. The summed E-state index contributed by atoms with van der Waals surface area (Å²) in [5, 5.41) is 14.7. The Hall–Kier alpha value is -2.09. The Bertz CT molecular complexity index is 379. The van der Waals surface area contributed by atoms with Crippen LogP contribution in [0.3, 0.4) is 0 Å². The van der Waals surface area contributed by atoms with Crippen LogP contribution in [0.15, 0.2) is 29.5 Å². The molecular weight excluding hydrogens is 202 g/mol. The molecule has 0 fully saturated rings. The van der Waals surface area contributed by atoms with Crippen molar-refractivity contribution in [2.45, 2.75) is 26.3 Å².